The minimum Gasteiger partial charge on any atom is -0.309 e. The molecule has 12 nitrogen and oxygen atoms in total. The Hall–Kier alpha value is -13.3. The number of fused-ring (bicyclic) bond motifs is 6. The third kappa shape index (κ3) is 8.44. The molecule has 2 aromatic heterocycles. The molecule has 82 heavy (non-hydrogen) atoms. The molecule has 0 atom stereocenters. The molecule has 12 aromatic rings. The lowest BCUT2D eigenvalue weighted by molar-refractivity contribution is 1.14. The average molecular weight is 1040 g/mol. The maximum Gasteiger partial charge on any atom is 0.189 e. The first kappa shape index (κ1) is 49.6. The van der Waals surface area contributed by atoms with Crippen molar-refractivity contribution in [3.8, 4) is 103 Å². The van der Waals surface area contributed by atoms with E-state index in [4.69, 9.17) is 26.3 Å². The zero-order chi connectivity index (χ0) is 56.8. The molecular formula is C70H30N12. The highest BCUT2D eigenvalue weighted by Crippen LogP contribution is 2.45. The van der Waals surface area contributed by atoms with E-state index in [1.54, 1.807) is 66.7 Å². The van der Waals surface area contributed by atoms with Crippen molar-refractivity contribution >= 4 is 66.4 Å². The summed E-state index contributed by atoms with van der Waals surface area (Å²) in [6.07, 6.45) is 0. The molecular weight excluding hydrogens is 1010 g/mol. The van der Waals surface area contributed by atoms with Crippen molar-refractivity contribution in [3.05, 3.63) is 261 Å². The lowest BCUT2D eigenvalue weighted by atomic mass is 9.97. The molecule has 0 saturated carbocycles. The van der Waals surface area contributed by atoms with Gasteiger partial charge < -0.3 is 9.13 Å². The fraction of sp³-hybridized carbons (Fsp3) is 0. The van der Waals surface area contributed by atoms with E-state index in [0.29, 0.717) is 140 Å². The van der Waals surface area contributed by atoms with E-state index in [9.17, 15) is 31.6 Å². The molecule has 0 aliphatic carbocycles. The van der Waals surface area contributed by atoms with Crippen LogP contribution in [-0.4, -0.2) is 9.13 Å². The van der Waals surface area contributed by atoms with E-state index in [0.717, 1.165) is 21.5 Å². The second kappa shape index (κ2) is 20.0. The maximum atomic E-state index is 11.7. The van der Waals surface area contributed by atoms with Crippen LogP contribution in [0.3, 0.4) is 0 Å². The fourth-order valence-corrected chi connectivity index (χ4v) is 10.9. The van der Waals surface area contributed by atoms with Crippen molar-refractivity contribution in [3.63, 3.8) is 0 Å². The number of benzene rings is 10. The Morgan fingerprint density at radius 3 is 0.927 bits per heavy atom. The average Bonchev–Trinajstić information content (AvgIpc) is 4.22. The van der Waals surface area contributed by atoms with Crippen molar-refractivity contribution in [2.45, 2.75) is 0 Å². The van der Waals surface area contributed by atoms with Crippen LogP contribution in [0.25, 0.3) is 130 Å². The van der Waals surface area contributed by atoms with Crippen molar-refractivity contribution in [1.82, 2.24) is 9.13 Å². The van der Waals surface area contributed by atoms with Gasteiger partial charge in [0, 0.05) is 49.4 Å². The molecule has 2 heterocycles. The van der Waals surface area contributed by atoms with Gasteiger partial charge in [-0.05, 0) is 171 Å². The minimum atomic E-state index is 0.238. The molecule has 0 amide bonds. The van der Waals surface area contributed by atoms with Gasteiger partial charge in [0.05, 0.1) is 101 Å². The number of hydrogen-bond acceptors (Lipinski definition) is 6. The normalized spacial score (nSPS) is 10.6. The fourth-order valence-electron chi connectivity index (χ4n) is 10.9. The first-order valence-corrected chi connectivity index (χ1v) is 25.1. The first-order chi connectivity index (χ1) is 40.1. The number of hydrogen-bond donors (Lipinski definition) is 0. The smallest absolute Gasteiger partial charge is 0.189 e. The molecule has 12 rings (SSSR count). The van der Waals surface area contributed by atoms with Crippen LogP contribution in [0.15, 0.2) is 182 Å². The molecule has 0 bridgehead atoms. The molecule has 0 radical (unpaired) electrons. The summed E-state index contributed by atoms with van der Waals surface area (Å²) in [6, 6.07) is 68.1. The van der Waals surface area contributed by atoms with Crippen LogP contribution in [0.4, 0.5) is 22.7 Å². The van der Waals surface area contributed by atoms with Gasteiger partial charge >= 0.3 is 0 Å². The van der Waals surface area contributed by atoms with Crippen molar-refractivity contribution in [1.29, 1.82) is 31.6 Å². The topological polar surface area (TPSA) is 170 Å². The predicted octanol–water partition coefficient (Wildman–Crippen LogP) is 17.6. The Kier molecular flexibility index (Phi) is 12.1. The van der Waals surface area contributed by atoms with Gasteiger partial charge in [-0.2, -0.15) is 31.6 Å². The summed E-state index contributed by atoms with van der Waals surface area (Å²) >= 11 is 0. The summed E-state index contributed by atoms with van der Waals surface area (Å²) in [5.41, 5.74) is 13.4. The zero-order valence-electron chi connectivity index (χ0n) is 42.7. The molecule has 0 fully saturated rings. The van der Waals surface area contributed by atoms with Crippen molar-refractivity contribution < 1.29 is 0 Å². The molecule has 0 aliphatic heterocycles. The van der Waals surface area contributed by atoms with Gasteiger partial charge in [-0.3, -0.25) is 0 Å². The number of nitriles is 6. The second-order valence-electron chi connectivity index (χ2n) is 19.3. The SMILES string of the molecule is [C-]#[N+]c1cc(C#N)cc(-c2ccc3c4ccc(-c5cc(C#N)cc([N+]#[C-])c5)cc4n(-c4cc(-c5cccc(C#N)c5)c(-n5c6cc(-c7cc(C#N)cc([N+]#[C-])c7)ccc6c6ccc(-c7cc(C#N)cc([N+]#[C-])c7)cc65)cc4C#N)c3c2)c1. The molecule has 0 unspecified atom stereocenters. The third-order valence-corrected chi connectivity index (χ3v) is 14.6. The van der Waals surface area contributed by atoms with E-state index in [2.05, 4.69) is 60.4 Å². The third-order valence-electron chi connectivity index (χ3n) is 14.6. The van der Waals surface area contributed by atoms with Gasteiger partial charge in [0.25, 0.3) is 0 Å². The highest BCUT2D eigenvalue weighted by Gasteiger charge is 2.24. The standard InChI is InChI=1S/C70H30N12/c1-77-56-21-42(36-72)17-51(25-56)46-8-12-60-61-13-9-47(52-18-43(37-73)22-57(26-52)78-2)30-67(61)81(66(60)29-46)65-34-64(50-7-5-6-41(16-50)35-71)70(33-55(65)40-76)82-68-31-48(53-19-44(38-74)23-58(27-53)79-3)10-14-62(68)63-15-11-49(32-69(63)82)54-20-45(39-75)24-59(28-54)80-4/h5-34H. The number of nitrogens with zero attached hydrogens (tertiary/aromatic N) is 12. The van der Waals surface area contributed by atoms with E-state index >= 15 is 0 Å². The predicted molar refractivity (Wildman–Crippen MR) is 316 cm³/mol. The van der Waals surface area contributed by atoms with Gasteiger partial charge in [-0.15, -0.1) is 0 Å². The van der Waals surface area contributed by atoms with Crippen LogP contribution in [0.1, 0.15) is 33.4 Å². The van der Waals surface area contributed by atoms with E-state index < -0.39 is 0 Å². The zero-order valence-corrected chi connectivity index (χ0v) is 42.7. The van der Waals surface area contributed by atoms with E-state index in [1.807, 2.05) is 95.6 Å². The minimum absolute atomic E-state index is 0.238. The Morgan fingerprint density at radius 2 is 0.610 bits per heavy atom. The van der Waals surface area contributed by atoms with Crippen LogP contribution in [0.5, 0.6) is 0 Å². The van der Waals surface area contributed by atoms with E-state index in [-0.39, 0.29) is 5.56 Å². The Balaban J connectivity index is 1.22. The van der Waals surface area contributed by atoms with Gasteiger partial charge in [-0.1, -0.05) is 60.7 Å². The van der Waals surface area contributed by atoms with E-state index in [1.165, 1.54) is 24.3 Å². The van der Waals surface area contributed by atoms with Crippen LogP contribution in [-0.2, 0) is 0 Å². The van der Waals surface area contributed by atoms with Gasteiger partial charge in [0.1, 0.15) is 6.07 Å². The van der Waals surface area contributed by atoms with Crippen LogP contribution in [0.2, 0.25) is 0 Å². The highest BCUT2D eigenvalue weighted by molar-refractivity contribution is 6.13. The summed E-state index contributed by atoms with van der Waals surface area (Å²) in [5, 5.41) is 65.5. The molecule has 0 aliphatic rings. The maximum absolute atomic E-state index is 11.7. The summed E-state index contributed by atoms with van der Waals surface area (Å²) in [6.45, 7) is 31.4. The largest absolute Gasteiger partial charge is 0.309 e. The lowest BCUT2D eigenvalue weighted by Gasteiger charge is -2.19. The highest BCUT2D eigenvalue weighted by atomic mass is 15.0. The molecule has 0 N–H and O–H groups in total. The van der Waals surface area contributed by atoms with Gasteiger partial charge in [0.2, 0.25) is 0 Å². The molecule has 370 valence electrons. The summed E-state index contributed by atoms with van der Waals surface area (Å²) in [4.78, 5) is 14.6. The number of rotatable bonds is 7. The van der Waals surface area contributed by atoms with Gasteiger partial charge in [-0.25, -0.2) is 19.4 Å². The second-order valence-corrected chi connectivity index (χ2v) is 19.3. The summed E-state index contributed by atoms with van der Waals surface area (Å²) in [7, 11) is 0. The van der Waals surface area contributed by atoms with Crippen LogP contribution < -0.4 is 0 Å². The molecule has 0 saturated heterocycles. The Bertz CT molecular complexity index is 4910. The molecule has 12 heteroatoms. The Morgan fingerprint density at radius 1 is 0.280 bits per heavy atom. The van der Waals surface area contributed by atoms with Crippen molar-refractivity contribution in [2.24, 2.45) is 0 Å². The quantitative estimate of drug-likeness (QED) is 0.144. The first-order valence-electron chi connectivity index (χ1n) is 25.1. The Labute approximate surface area is 469 Å². The van der Waals surface area contributed by atoms with Crippen molar-refractivity contribution in [2.75, 3.05) is 0 Å². The molecule has 0 spiro atoms. The van der Waals surface area contributed by atoms with Crippen LogP contribution in [0, 0.1) is 94.3 Å². The monoisotopic (exact) mass is 1040 g/mol. The number of aromatic nitrogens is 2. The lowest BCUT2D eigenvalue weighted by Crippen LogP contribution is -2.04. The summed E-state index contributed by atoms with van der Waals surface area (Å²) in [5.74, 6) is 0. The van der Waals surface area contributed by atoms with Crippen LogP contribution >= 0.6 is 0 Å². The summed E-state index contributed by atoms with van der Waals surface area (Å²) < 4.78 is 4.06. The molecule has 10 aromatic carbocycles. The van der Waals surface area contributed by atoms with Gasteiger partial charge in [0.15, 0.2) is 22.7 Å².